The molecule has 2 saturated heterocycles. The molecule has 1 aromatic heterocycles. The molecular weight excluding hydrogens is 523 g/mol. The summed E-state index contributed by atoms with van der Waals surface area (Å²) in [4.78, 5) is 31.0. The molecule has 2 atom stereocenters. The maximum absolute atomic E-state index is 13.5. The summed E-state index contributed by atoms with van der Waals surface area (Å²) in [5.74, 6) is 0.0919. The monoisotopic (exact) mass is 554 g/mol. The summed E-state index contributed by atoms with van der Waals surface area (Å²) in [6.45, 7) is 9.64. The Kier molecular flexibility index (Phi) is 8.71. The standard InChI is InChI=1S/C28H31FN4O3S2/c1-5-6-11-32-25(31-14-17(2)36-18(3)15-31)22(19(4)23(13-30)26(32)34)12-24-27(35)33(28(37)38-24)16-20-7-9-21(29)10-8-20/h7-10,12,17-18H,5-6,11,14-16H2,1-4H3/b24-12-. The number of unbranched alkanes of at least 4 members (excludes halogenated alkanes) is 1. The minimum Gasteiger partial charge on any atom is -0.372 e. The van der Waals surface area contributed by atoms with Crippen molar-refractivity contribution < 1.29 is 13.9 Å². The van der Waals surface area contributed by atoms with Crippen molar-refractivity contribution in [2.75, 3.05) is 18.0 Å². The number of hydrogen-bond donors (Lipinski definition) is 0. The minimum atomic E-state index is -0.347. The molecule has 0 radical (unpaired) electrons. The number of halogens is 1. The van der Waals surface area contributed by atoms with E-state index in [-0.39, 0.29) is 41.6 Å². The quantitative estimate of drug-likeness (QED) is 0.353. The number of morpholine rings is 1. The number of aromatic nitrogens is 1. The lowest BCUT2D eigenvalue weighted by molar-refractivity contribution is -0.122. The Labute approximate surface area is 231 Å². The SMILES string of the molecule is CCCCn1c(N2CC(C)OC(C)C2)c(/C=C2\SC(=S)N(Cc3ccc(F)cc3)C2=O)c(C)c(C#N)c1=O. The second-order valence-electron chi connectivity index (χ2n) is 9.72. The number of pyridine rings is 1. The Balaban J connectivity index is 1.83. The first kappa shape index (κ1) is 28.0. The zero-order valence-corrected chi connectivity index (χ0v) is 23.6. The van der Waals surface area contributed by atoms with E-state index in [1.165, 1.54) is 28.8 Å². The zero-order valence-electron chi connectivity index (χ0n) is 22.0. The zero-order chi connectivity index (χ0) is 27.6. The molecular formula is C28H31FN4O3S2. The van der Waals surface area contributed by atoms with Crippen LogP contribution in [0.2, 0.25) is 0 Å². The first-order valence-electron chi connectivity index (χ1n) is 12.7. The first-order chi connectivity index (χ1) is 18.1. The van der Waals surface area contributed by atoms with Crippen LogP contribution >= 0.6 is 24.0 Å². The number of nitrogens with zero attached hydrogens (tertiary/aromatic N) is 4. The third-order valence-corrected chi connectivity index (χ3v) is 8.08. The second-order valence-corrected chi connectivity index (χ2v) is 11.4. The molecule has 7 nitrogen and oxygen atoms in total. The molecule has 38 heavy (non-hydrogen) atoms. The van der Waals surface area contributed by atoms with Gasteiger partial charge < -0.3 is 9.64 Å². The first-order valence-corrected chi connectivity index (χ1v) is 13.9. The molecule has 1 amide bonds. The highest BCUT2D eigenvalue weighted by Crippen LogP contribution is 2.37. The highest BCUT2D eigenvalue weighted by atomic mass is 32.2. The maximum Gasteiger partial charge on any atom is 0.270 e. The number of amides is 1. The van der Waals surface area contributed by atoms with E-state index < -0.39 is 0 Å². The highest BCUT2D eigenvalue weighted by Gasteiger charge is 2.34. The lowest BCUT2D eigenvalue weighted by Gasteiger charge is -2.39. The summed E-state index contributed by atoms with van der Waals surface area (Å²) >= 11 is 6.72. The number of ether oxygens (including phenoxy) is 1. The summed E-state index contributed by atoms with van der Waals surface area (Å²) in [5, 5.41) is 9.89. The Morgan fingerprint density at radius 1 is 1.21 bits per heavy atom. The lowest BCUT2D eigenvalue weighted by Crippen LogP contribution is -2.48. The van der Waals surface area contributed by atoms with Gasteiger partial charge in [-0.2, -0.15) is 5.26 Å². The molecule has 0 saturated carbocycles. The van der Waals surface area contributed by atoms with Gasteiger partial charge in [0, 0.05) is 25.2 Å². The van der Waals surface area contributed by atoms with E-state index in [0.717, 1.165) is 18.4 Å². The molecule has 200 valence electrons. The van der Waals surface area contributed by atoms with E-state index in [1.54, 1.807) is 29.7 Å². The Hall–Kier alpha value is -3.00. The summed E-state index contributed by atoms with van der Waals surface area (Å²) < 4.78 is 21.4. The average molecular weight is 555 g/mol. The van der Waals surface area contributed by atoms with Crippen molar-refractivity contribution in [2.45, 2.75) is 65.8 Å². The molecule has 2 aliphatic rings. The van der Waals surface area contributed by atoms with Gasteiger partial charge >= 0.3 is 0 Å². The fourth-order valence-electron chi connectivity index (χ4n) is 4.90. The van der Waals surface area contributed by atoms with Crippen LogP contribution in [0, 0.1) is 24.1 Å². The van der Waals surface area contributed by atoms with Crippen molar-refractivity contribution in [1.29, 1.82) is 5.26 Å². The molecule has 0 aliphatic carbocycles. The summed E-state index contributed by atoms with van der Waals surface area (Å²) in [6, 6.07) is 8.06. The van der Waals surface area contributed by atoms with Crippen molar-refractivity contribution in [3.8, 4) is 6.07 Å². The molecule has 0 N–H and O–H groups in total. The fourth-order valence-corrected chi connectivity index (χ4v) is 6.14. The van der Waals surface area contributed by atoms with Gasteiger partial charge in [0.15, 0.2) is 0 Å². The third-order valence-electron chi connectivity index (χ3n) is 6.70. The number of thioether (sulfide) groups is 1. The molecule has 0 bridgehead atoms. The predicted molar refractivity (Wildman–Crippen MR) is 152 cm³/mol. The lowest BCUT2D eigenvalue weighted by atomic mass is 10.0. The smallest absolute Gasteiger partial charge is 0.270 e. The molecule has 0 spiro atoms. The number of nitriles is 1. The van der Waals surface area contributed by atoms with E-state index in [4.69, 9.17) is 17.0 Å². The van der Waals surface area contributed by atoms with Gasteiger partial charge in [-0.05, 0) is 56.5 Å². The number of hydrogen-bond acceptors (Lipinski definition) is 7. The number of carbonyl (C=O) groups is 1. The van der Waals surface area contributed by atoms with Gasteiger partial charge in [-0.25, -0.2) is 4.39 Å². The van der Waals surface area contributed by atoms with E-state index in [0.29, 0.717) is 45.8 Å². The van der Waals surface area contributed by atoms with Crippen molar-refractivity contribution in [1.82, 2.24) is 9.47 Å². The summed E-state index contributed by atoms with van der Waals surface area (Å²) in [5.41, 5.74) is 1.72. The van der Waals surface area contributed by atoms with Crippen LogP contribution in [0.3, 0.4) is 0 Å². The van der Waals surface area contributed by atoms with Gasteiger partial charge in [0.2, 0.25) is 0 Å². The van der Waals surface area contributed by atoms with Gasteiger partial charge in [0.1, 0.15) is 27.6 Å². The Morgan fingerprint density at radius 2 is 1.87 bits per heavy atom. The average Bonchev–Trinajstić information content (AvgIpc) is 3.13. The van der Waals surface area contributed by atoms with E-state index in [1.807, 2.05) is 13.8 Å². The summed E-state index contributed by atoms with van der Waals surface area (Å²) in [6.07, 6.45) is 3.32. The van der Waals surface area contributed by atoms with Gasteiger partial charge in [-0.15, -0.1) is 0 Å². The normalized spacial score (nSPS) is 20.9. The number of anilines is 1. The van der Waals surface area contributed by atoms with Gasteiger partial charge in [0.25, 0.3) is 11.5 Å². The molecule has 2 aliphatic heterocycles. The maximum atomic E-state index is 13.5. The van der Waals surface area contributed by atoms with Crippen LogP contribution in [0.5, 0.6) is 0 Å². The van der Waals surface area contributed by atoms with Crippen LogP contribution in [-0.2, 0) is 22.6 Å². The van der Waals surface area contributed by atoms with Crippen LogP contribution in [-0.4, -0.2) is 45.0 Å². The molecule has 10 heteroatoms. The third kappa shape index (κ3) is 5.70. The van der Waals surface area contributed by atoms with Crippen LogP contribution in [0.25, 0.3) is 6.08 Å². The largest absolute Gasteiger partial charge is 0.372 e. The molecule has 3 heterocycles. The van der Waals surface area contributed by atoms with Crippen LogP contribution in [0.4, 0.5) is 10.2 Å². The second kappa shape index (κ2) is 11.8. The van der Waals surface area contributed by atoms with E-state index >= 15 is 0 Å². The van der Waals surface area contributed by atoms with Gasteiger partial charge in [-0.1, -0.05) is 49.5 Å². The topological polar surface area (TPSA) is 78.6 Å². The predicted octanol–water partition coefficient (Wildman–Crippen LogP) is 4.98. The number of thiocarbonyl (C=S) groups is 1. The number of carbonyl (C=O) groups excluding carboxylic acids is 1. The Bertz CT molecular complexity index is 1370. The van der Waals surface area contributed by atoms with Crippen molar-refractivity contribution in [2.24, 2.45) is 0 Å². The van der Waals surface area contributed by atoms with Gasteiger partial charge in [0.05, 0.1) is 23.7 Å². The molecule has 2 aromatic rings. The van der Waals surface area contributed by atoms with E-state index in [9.17, 15) is 19.2 Å². The van der Waals surface area contributed by atoms with Crippen molar-refractivity contribution >= 4 is 46.1 Å². The summed E-state index contributed by atoms with van der Waals surface area (Å²) in [7, 11) is 0. The minimum absolute atomic E-state index is 0.0498. The van der Waals surface area contributed by atoms with Crippen LogP contribution in [0.1, 0.15) is 55.9 Å². The molecule has 4 rings (SSSR count). The Morgan fingerprint density at radius 3 is 2.47 bits per heavy atom. The van der Waals surface area contributed by atoms with Crippen molar-refractivity contribution in [3.63, 3.8) is 0 Å². The van der Waals surface area contributed by atoms with E-state index in [2.05, 4.69) is 17.9 Å². The van der Waals surface area contributed by atoms with Crippen LogP contribution < -0.4 is 10.5 Å². The number of rotatable bonds is 7. The highest BCUT2D eigenvalue weighted by molar-refractivity contribution is 8.26. The molecule has 2 fully saturated rings. The number of benzene rings is 1. The molecule has 1 aromatic carbocycles. The fraction of sp³-hybridized carbons (Fsp3) is 0.429. The van der Waals surface area contributed by atoms with Gasteiger partial charge in [-0.3, -0.25) is 19.1 Å². The molecule has 2 unspecified atom stereocenters. The van der Waals surface area contributed by atoms with Crippen molar-refractivity contribution in [3.05, 3.63) is 67.6 Å². The van der Waals surface area contributed by atoms with Crippen LogP contribution in [0.15, 0.2) is 34.0 Å².